The SMILES string of the molecule is CC[C@H](C)[C@H](NCCc1ccccc1)C(=O)N1C[C@H](O)C[C@H]1C(=O)NCc1ccc(-c2scnc2C)cc1.COc1ccc(C)c(C(=O)N2C[C@H](O)C[C@H]2C(=O)NCc2ccc(-c3scnc3C)cc2)c1.Cc1ncn(C)c1-c1ccc(CNC(=O)[C@@H]2C[C@@H](O)CN2C(=O)[C@H](C(C)C)N2Cc3ccccc3C2=O)cc1.Cc1ncsc1-c1ccc(CNC(=O)[C@@H]2C[C@@H](O)CN2C(=O)[C@H](C(C)C)N2Cc3ncccc3C2=O)cc1. The number of aryl methyl sites for hydroxylation is 6. The lowest BCUT2D eigenvalue weighted by atomic mass is 9.97. The molecule has 12 atom stereocenters. The second kappa shape index (κ2) is 49.3. The van der Waals surface area contributed by atoms with E-state index in [9.17, 15) is 68.4 Å². The minimum Gasteiger partial charge on any atom is -0.497 e. The van der Waals surface area contributed by atoms with Gasteiger partial charge in [-0.15, -0.1) is 34.0 Å². The van der Waals surface area contributed by atoms with E-state index in [2.05, 4.69) is 77.5 Å². The number of nitrogens with zero attached hydrogens (tertiary/aromatic N) is 12. The van der Waals surface area contributed by atoms with E-state index in [1.54, 1.807) is 93.8 Å². The molecule has 10 amide bonds. The molecule has 776 valence electrons. The summed E-state index contributed by atoms with van der Waals surface area (Å²) < 4.78 is 7.22. The van der Waals surface area contributed by atoms with Crippen molar-refractivity contribution < 1.29 is 73.1 Å². The van der Waals surface area contributed by atoms with E-state index in [-0.39, 0.29) is 135 Å². The number of nitrogens with one attached hydrogen (secondary N) is 5. The number of methoxy groups -OCH3 is 1. The number of aromatic nitrogens is 6. The van der Waals surface area contributed by atoms with Crippen LogP contribution in [0.15, 0.2) is 211 Å². The van der Waals surface area contributed by atoms with Gasteiger partial charge in [0.1, 0.15) is 42.0 Å². The summed E-state index contributed by atoms with van der Waals surface area (Å²) in [5, 5.41) is 56.7. The molecule has 35 heteroatoms. The lowest BCUT2D eigenvalue weighted by Crippen LogP contribution is -2.55. The van der Waals surface area contributed by atoms with Crippen LogP contribution in [0.4, 0.5) is 0 Å². The van der Waals surface area contributed by atoms with Gasteiger partial charge in [-0.1, -0.05) is 200 Å². The number of hydrogen-bond acceptors (Lipinski definition) is 24. The third-order valence-electron chi connectivity index (χ3n) is 28.3. The summed E-state index contributed by atoms with van der Waals surface area (Å²) in [6.07, 6.45) is 2.78. The molecule has 0 aliphatic carbocycles. The maximum absolute atomic E-state index is 13.8. The number of likely N-dealkylation sites (tertiary alicyclic amines) is 4. The first-order valence-corrected chi connectivity index (χ1v) is 52.9. The number of imidazole rings is 1. The van der Waals surface area contributed by atoms with Crippen molar-refractivity contribution in [2.45, 2.75) is 221 Å². The van der Waals surface area contributed by atoms with Crippen LogP contribution in [0.1, 0.15) is 172 Å². The van der Waals surface area contributed by atoms with Crippen LogP contribution in [0.25, 0.3) is 42.6 Å². The number of aliphatic hydroxyl groups is 4. The summed E-state index contributed by atoms with van der Waals surface area (Å²) in [5.41, 5.74) is 23.6. The standard InChI is InChI=1S/C30H35N5O4.C30H38N4O3S.C28H31N5O4S.C25H27N3O4S/c1-18(2)26(35-15-22-7-5-6-8-24(22)29(35)38)30(39)34-16-23(36)13-25(34)28(37)31-14-20-9-11-21(12-10-20)27-19(3)32-17-33(27)4;1-4-20(2)27(31-15-14-22-8-6-5-7-9-22)30(37)34-18-25(35)16-26(34)29(36)32-17-23-10-12-24(13-11-23)28-21(3)33-19-38-28;1-16(2)24(33-14-22-21(27(33)36)5-4-10-29-22)28(37)32-13-20(34)11-23(32)26(35)30-12-18-6-8-19(9-7-18)25-17(3)31-15-38-25;1-15-4-9-20(32-3)11-21(15)25(31)28-13-19(29)10-22(28)24(30)26-12-17-5-7-18(8-6-17)23-16(2)27-14-33-23/h5-12,17-18,23,25-26,36H,13-16H2,1-4H3,(H,31,37);5-13,19-20,25-27,31,35H,4,14-18H2,1-3H3,(H,32,36);4-10,15-16,20,23-24,34H,11-14H2,1-3H3,(H,30,35);4-9,11,14,19,22,29H,10,12-13H2,1-3H3,(H,26,30)/t23-,25+,26+;20-,25+,26-,27-;20-,23+,24+;19-,22+/m1011/s1. The van der Waals surface area contributed by atoms with Crippen molar-refractivity contribution in [2.24, 2.45) is 24.8 Å². The molecule has 0 unspecified atom stereocenters. The molecular weight excluding hydrogens is 1930 g/mol. The number of ether oxygens (including phenoxy) is 1. The number of β-amino-alcohol motifs (C(OH)–C–C–N with tert-alkyl or cyclic N) is 4. The fourth-order valence-corrected chi connectivity index (χ4v) is 22.5. The van der Waals surface area contributed by atoms with Gasteiger partial charge in [0.25, 0.3) is 17.7 Å². The predicted octanol–water partition coefficient (Wildman–Crippen LogP) is 12.7. The molecule has 0 saturated carbocycles. The normalized spacial score (nSPS) is 19.0. The molecule has 18 rings (SSSR count). The molecule has 12 aromatic rings. The van der Waals surface area contributed by atoms with Crippen LogP contribution in [0, 0.1) is 52.4 Å². The highest BCUT2D eigenvalue weighted by molar-refractivity contribution is 7.14. The Bertz CT molecular complexity index is 6670. The topological polar surface area (TPSA) is 410 Å². The average Bonchev–Trinajstić information content (AvgIpc) is 1.62. The number of carbonyl (C=O) groups excluding carboxylic acids is 10. The lowest BCUT2D eigenvalue weighted by molar-refractivity contribution is -0.143. The monoisotopic (exact) mass is 2060 g/mol. The Morgan fingerprint density at radius 2 is 0.838 bits per heavy atom. The zero-order valence-electron chi connectivity index (χ0n) is 85.7. The molecule has 4 saturated heterocycles. The minimum absolute atomic E-state index is 0.0519. The van der Waals surface area contributed by atoms with E-state index in [1.807, 2.05) is 230 Å². The van der Waals surface area contributed by atoms with Gasteiger partial charge < -0.3 is 85.7 Å². The van der Waals surface area contributed by atoms with Crippen LogP contribution in [0.3, 0.4) is 0 Å². The maximum Gasteiger partial charge on any atom is 0.256 e. The van der Waals surface area contributed by atoms with Gasteiger partial charge in [-0.2, -0.15) is 0 Å². The smallest absolute Gasteiger partial charge is 0.256 e. The summed E-state index contributed by atoms with van der Waals surface area (Å²) in [7, 11) is 3.49. The van der Waals surface area contributed by atoms with Crippen molar-refractivity contribution in [3.63, 3.8) is 0 Å². The van der Waals surface area contributed by atoms with Crippen molar-refractivity contribution in [2.75, 3.05) is 39.8 Å². The Balaban J connectivity index is 0.000000148. The lowest BCUT2D eigenvalue weighted by Gasteiger charge is -2.35. The second-order valence-corrected chi connectivity index (χ2v) is 42.0. The first-order chi connectivity index (χ1) is 71.1. The fourth-order valence-electron chi connectivity index (χ4n) is 20.1. The van der Waals surface area contributed by atoms with E-state index in [1.165, 1.54) is 25.2 Å². The van der Waals surface area contributed by atoms with Crippen molar-refractivity contribution in [3.05, 3.63) is 295 Å². The van der Waals surface area contributed by atoms with Gasteiger partial charge in [-0.05, 0) is 151 Å². The summed E-state index contributed by atoms with van der Waals surface area (Å²) in [6.45, 7) is 24.4. The first-order valence-electron chi connectivity index (χ1n) is 50.3. The van der Waals surface area contributed by atoms with Crippen LogP contribution >= 0.6 is 34.0 Å². The van der Waals surface area contributed by atoms with Crippen molar-refractivity contribution in [3.8, 4) is 48.3 Å². The molecule has 0 bridgehead atoms. The minimum atomic E-state index is -0.809. The van der Waals surface area contributed by atoms with Crippen LogP contribution in [0.2, 0.25) is 0 Å². The van der Waals surface area contributed by atoms with Gasteiger partial charge in [0.15, 0.2) is 0 Å². The molecule has 4 fully saturated rings. The van der Waals surface area contributed by atoms with Gasteiger partial charge in [0.2, 0.25) is 41.4 Å². The summed E-state index contributed by atoms with van der Waals surface area (Å²) in [6, 6.07) is 53.2. The zero-order chi connectivity index (χ0) is 105. The molecular formula is C113H131N17O15S3. The Morgan fingerprint density at radius 1 is 0.439 bits per heavy atom. The molecule has 0 spiro atoms. The maximum atomic E-state index is 13.8. The Morgan fingerprint density at radius 3 is 1.24 bits per heavy atom. The van der Waals surface area contributed by atoms with Crippen LogP contribution < -0.4 is 31.3 Å². The van der Waals surface area contributed by atoms with E-state index < -0.39 is 66.7 Å². The number of hydrogen-bond donors (Lipinski definition) is 9. The average molecular weight is 2060 g/mol. The Kier molecular flexibility index (Phi) is 36.1. The Labute approximate surface area is 874 Å². The molecule has 11 heterocycles. The summed E-state index contributed by atoms with van der Waals surface area (Å²) >= 11 is 4.79. The summed E-state index contributed by atoms with van der Waals surface area (Å²) in [4.78, 5) is 167. The number of benzene rings is 7. The fraction of sp³-hybridized carbons (Fsp3) is 0.389. The molecule has 0 radical (unpaired) electrons. The van der Waals surface area contributed by atoms with Gasteiger partial charge >= 0.3 is 0 Å². The van der Waals surface area contributed by atoms with Crippen molar-refractivity contribution in [1.82, 2.24) is 85.5 Å². The number of fused-ring (bicyclic) bond motifs is 2. The molecule has 148 heavy (non-hydrogen) atoms. The second-order valence-electron chi connectivity index (χ2n) is 39.4. The number of amides is 10. The number of pyridine rings is 1. The van der Waals surface area contributed by atoms with E-state index in [4.69, 9.17) is 4.74 Å². The molecule has 6 aliphatic heterocycles. The first kappa shape index (κ1) is 108. The van der Waals surface area contributed by atoms with Gasteiger partial charge in [0, 0.05) is 115 Å². The number of thiazole rings is 3. The third kappa shape index (κ3) is 25.5. The highest BCUT2D eigenvalue weighted by Crippen LogP contribution is 2.37. The predicted molar refractivity (Wildman–Crippen MR) is 568 cm³/mol. The molecule has 9 N–H and O–H groups in total. The largest absolute Gasteiger partial charge is 0.497 e. The van der Waals surface area contributed by atoms with Gasteiger partial charge in [-0.3, -0.25) is 52.9 Å². The quantitative estimate of drug-likeness (QED) is 0.0195. The van der Waals surface area contributed by atoms with E-state index in [0.717, 1.165) is 112 Å². The number of carbonyl (C=O) groups is 10. The highest BCUT2D eigenvalue weighted by Gasteiger charge is 2.50. The van der Waals surface area contributed by atoms with Crippen LogP contribution in [-0.4, -0.2) is 245 Å². The Hall–Kier alpha value is -13.9. The van der Waals surface area contributed by atoms with E-state index in [0.29, 0.717) is 67.4 Å². The number of aliphatic hydroxyl groups excluding tert-OH is 4. The molecule has 7 aromatic carbocycles. The van der Waals surface area contributed by atoms with Crippen LogP contribution in [-0.2, 0) is 86.3 Å². The van der Waals surface area contributed by atoms with Crippen molar-refractivity contribution in [1.29, 1.82) is 0 Å². The number of rotatable bonds is 31. The van der Waals surface area contributed by atoms with Gasteiger partial charge in [0.05, 0.1) is 121 Å². The summed E-state index contributed by atoms with van der Waals surface area (Å²) in [5.74, 6) is -2.29. The molecule has 32 nitrogen and oxygen atoms in total. The highest BCUT2D eigenvalue weighted by atomic mass is 32.1. The third-order valence-corrected chi connectivity index (χ3v) is 31.2. The van der Waals surface area contributed by atoms with Crippen LogP contribution in [0.5, 0.6) is 5.75 Å². The zero-order valence-corrected chi connectivity index (χ0v) is 88.1. The van der Waals surface area contributed by atoms with Crippen molar-refractivity contribution >= 4 is 93.1 Å². The molecule has 6 aliphatic rings. The van der Waals surface area contributed by atoms with E-state index >= 15 is 0 Å². The molecule has 5 aromatic heterocycles. The van der Waals surface area contributed by atoms with Gasteiger partial charge in [-0.25, -0.2) is 19.9 Å².